The Morgan fingerprint density at radius 2 is 2.15 bits per heavy atom. The number of anilines is 1. The molecule has 6 heteroatoms. The summed E-state index contributed by atoms with van der Waals surface area (Å²) < 4.78 is 0. The van der Waals surface area contributed by atoms with E-state index in [-0.39, 0.29) is 30.3 Å². The SMILES string of the molecule is CC(CN1CCCC1=O)NC(=O)c1ccccc1N.Cl. The van der Waals surface area contributed by atoms with Gasteiger partial charge in [-0.25, -0.2) is 0 Å². The van der Waals surface area contributed by atoms with Gasteiger partial charge in [-0.1, -0.05) is 12.1 Å². The van der Waals surface area contributed by atoms with Crippen molar-refractivity contribution in [3.63, 3.8) is 0 Å². The minimum absolute atomic E-state index is 0. The maximum Gasteiger partial charge on any atom is 0.253 e. The van der Waals surface area contributed by atoms with Crippen LogP contribution >= 0.6 is 12.4 Å². The van der Waals surface area contributed by atoms with E-state index in [2.05, 4.69) is 5.32 Å². The summed E-state index contributed by atoms with van der Waals surface area (Å²) in [7, 11) is 0. The maximum atomic E-state index is 12.0. The van der Waals surface area contributed by atoms with Crippen molar-refractivity contribution in [2.75, 3.05) is 18.8 Å². The zero-order valence-electron chi connectivity index (χ0n) is 11.5. The van der Waals surface area contributed by atoms with Gasteiger partial charge in [-0.2, -0.15) is 0 Å². The Kier molecular flexibility index (Phi) is 5.82. The molecule has 1 fully saturated rings. The van der Waals surface area contributed by atoms with Gasteiger partial charge in [0.05, 0.1) is 5.56 Å². The minimum atomic E-state index is -0.197. The Morgan fingerprint density at radius 1 is 1.45 bits per heavy atom. The molecule has 1 saturated heterocycles. The molecule has 0 radical (unpaired) electrons. The molecule has 1 unspecified atom stereocenters. The van der Waals surface area contributed by atoms with Gasteiger partial charge in [0.15, 0.2) is 0 Å². The molecule has 1 aromatic rings. The van der Waals surface area contributed by atoms with Crippen LogP contribution in [0.15, 0.2) is 24.3 Å². The highest BCUT2D eigenvalue weighted by Crippen LogP contribution is 2.12. The largest absolute Gasteiger partial charge is 0.398 e. The van der Waals surface area contributed by atoms with Gasteiger partial charge < -0.3 is 16.0 Å². The lowest BCUT2D eigenvalue weighted by atomic mass is 10.1. The van der Waals surface area contributed by atoms with Gasteiger partial charge in [0, 0.05) is 31.2 Å². The van der Waals surface area contributed by atoms with E-state index in [1.807, 2.05) is 6.92 Å². The summed E-state index contributed by atoms with van der Waals surface area (Å²) in [6.45, 7) is 3.23. The first kappa shape index (κ1) is 16.3. The van der Waals surface area contributed by atoms with Crippen molar-refractivity contribution in [2.45, 2.75) is 25.8 Å². The van der Waals surface area contributed by atoms with Crippen molar-refractivity contribution >= 4 is 29.9 Å². The van der Waals surface area contributed by atoms with Crippen LogP contribution in [0.25, 0.3) is 0 Å². The van der Waals surface area contributed by atoms with Gasteiger partial charge >= 0.3 is 0 Å². The van der Waals surface area contributed by atoms with Crippen molar-refractivity contribution < 1.29 is 9.59 Å². The first-order valence-electron chi connectivity index (χ1n) is 6.51. The number of halogens is 1. The van der Waals surface area contributed by atoms with Crippen molar-refractivity contribution in [1.82, 2.24) is 10.2 Å². The molecule has 2 rings (SSSR count). The molecule has 110 valence electrons. The maximum absolute atomic E-state index is 12.0. The highest BCUT2D eigenvalue weighted by Gasteiger charge is 2.22. The number of benzene rings is 1. The zero-order chi connectivity index (χ0) is 13.8. The van der Waals surface area contributed by atoms with Gasteiger partial charge in [-0.05, 0) is 25.5 Å². The number of likely N-dealkylation sites (tertiary alicyclic amines) is 1. The van der Waals surface area contributed by atoms with E-state index in [1.165, 1.54) is 0 Å². The fourth-order valence-corrected chi connectivity index (χ4v) is 2.28. The molecule has 5 nitrogen and oxygen atoms in total. The molecular weight excluding hydrogens is 278 g/mol. The van der Waals surface area contributed by atoms with Gasteiger partial charge in [0.1, 0.15) is 0 Å². The lowest BCUT2D eigenvalue weighted by Gasteiger charge is -2.21. The Balaban J connectivity index is 0.00000200. The van der Waals surface area contributed by atoms with Gasteiger partial charge in [-0.3, -0.25) is 9.59 Å². The fraction of sp³-hybridized carbons (Fsp3) is 0.429. The van der Waals surface area contributed by atoms with Crippen LogP contribution in [0.5, 0.6) is 0 Å². The molecule has 1 atom stereocenters. The number of nitrogens with two attached hydrogens (primary N) is 1. The third kappa shape index (κ3) is 3.87. The summed E-state index contributed by atoms with van der Waals surface area (Å²) in [5.74, 6) is -0.0300. The number of para-hydroxylation sites is 1. The van der Waals surface area contributed by atoms with Crippen molar-refractivity contribution in [3.05, 3.63) is 29.8 Å². The van der Waals surface area contributed by atoms with Crippen LogP contribution in [0, 0.1) is 0 Å². The van der Waals surface area contributed by atoms with Crippen LogP contribution in [-0.2, 0) is 4.79 Å². The molecule has 1 heterocycles. The summed E-state index contributed by atoms with van der Waals surface area (Å²) in [5, 5.41) is 2.87. The molecule has 2 amide bonds. The molecule has 0 spiro atoms. The van der Waals surface area contributed by atoms with Crippen molar-refractivity contribution in [2.24, 2.45) is 0 Å². The van der Waals surface area contributed by atoms with Crippen LogP contribution in [-0.4, -0.2) is 35.8 Å². The van der Waals surface area contributed by atoms with Gasteiger partial charge in [-0.15, -0.1) is 12.4 Å². The van der Waals surface area contributed by atoms with E-state index in [4.69, 9.17) is 5.73 Å². The number of amides is 2. The molecule has 0 aromatic heterocycles. The van der Waals surface area contributed by atoms with Crippen LogP contribution in [0.1, 0.15) is 30.1 Å². The smallest absolute Gasteiger partial charge is 0.253 e. The third-order valence-corrected chi connectivity index (χ3v) is 3.25. The third-order valence-electron chi connectivity index (χ3n) is 3.25. The second kappa shape index (κ2) is 7.14. The molecule has 0 saturated carbocycles. The monoisotopic (exact) mass is 297 g/mol. The summed E-state index contributed by atoms with van der Waals surface area (Å²) >= 11 is 0. The van der Waals surface area contributed by atoms with E-state index < -0.39 is 0 Å². The quantitative estimate of drug-likeness (QED) is 0.826. The topological polar surface area (TPSA) is 75.4 Å². The van der Waals surface area contributed by atoms with E-state index in [1.54, 1.807) is 29.2 Å². The summed E-state index contributed by atoms with van der Waals surface area (Å²) in [6, 6.07) is 6.87. The average Bonchev–Trinajstić information content (AvgIpc) is 2.75. The first-order chi connectivity index (χ1) is 9.08. The van der Waals surface area contributed by atoms with Crippen molar-refractivity contribution in [1.29, 1.82) is 0 Å². The van der Waals surface area contributed by atoms with E-state index >= 15 is 0 Å². The predicted octanol–water partition coefficient (Wildman–Crippen LogP) is 1.43. The Bertz CT molecular complexity index is 493. The average molecular weight is 298 g/mol. The highest BCUT2D eigenvalue weighted by atomic mass is 35.5. The molecule has 0 bridgehead atoms. The normalized spacial score (nSPS) is 15.7. The first-order valence-corrected chi connectivity index (χ1v) is 6.51. The molecule has 3 N–H and O–H groups in total. The number of nitrogens with one attached hydrogen (secondary N) is 1. The van der Waals surface area contributed by atoms with E-state index in [9.17, 15) is 9.59 Å². The Morgan fingerprint density at radius 3 is 2.75 bits per heavy atom. The van der Waals surface area contributed by atoms with Crippen LogP contribution in [0.2, 0.25) is 0 Å². The molecular formula is C14H20ClN3O2. The summed E-state index contributed by atoms with van der Waals surface area (Å²) in [6.07, 6.45) is 1.53. The summed E-state index contributed by atoms with van der Waals surface area (Å²) in [5.41, 5.74) is 6.69. The minimum Gasteiger partial charge on any atom is -0.398 e. The lowest BCUT2D eigenvalue weighted by molar-refractivity contribution is -0.127. The number of hydrogen-bond acceptors (Lipinski definition) is 3. The molecule has 20 heavy (non-hydrogen) atoms. The number of hydrogen-bond donors (Lipinski definition) is 2. The molecule has 1 aliphatic heterocycles. The second-order valence-electron chi connectivity index (χ2n) is 4.91. The molecule has 0 aliphatic carbocycles. The number of rotatable bonds is 4. The summed E-state index contributed by atoms with van der Waals surface area (Å²) in [4.78, 5) is 25.3. The lowest BCUT2D eigenvalue weighted by Crippen LogP contribution is -2.42. The Hall–Kier alpha value is -1.75. The molecule has 1 aliphatic rings. The number of carbonyl (C=O) groups is 2. The predicted molar refractivity (Wildman–Crippen MR) is 80.8 cm³/mol. The van der Waals surface area contributed by atoms with Crippen molar-refractivity contribution in [3.8, 4) is 0 Å². The fourth-order valence-electron chi connectivity index (χ4n) is 2.28. The zero-order valence-corrected chi connectivity index (χ0v) is 12.3. The number of nitrogen functional groups attached to an aromatic ring is 1. The van der Waals surface area contributed by atoms with Crippen LogP contribution in [0.3, 0.4) is 0 Å². The Labute approximate surface area is 124 Å². The second-order valence-corrected chi connectivity index (χ2v) is 4.91. The highest BCUT2D eigenvalue weighted by molar-refractivity contribution is 5.99. The van der Waals surface area contributed by atoms with E-state index in [0.717, 1.165) is 13.0 Å². The van der Waals surface area contributed by atoms with Gasteiger partial charge in [0.2, 0.25) is 5.91 Å². The standard InChI is InChI=1S/C14H19N3O2.ClH/c1-10(9-17-8-4-7-13(17)18)16-14(19)11-5-2-3-6-12(11)15;/h2-3,5-6,10H,4,7-9,15H2,1H3,(H,16,19);1H. The number of carbonyl (C=O) groups excluding carboxylic acids is 2. The molecule has 1 aromatic carbocycles. The van der Waals surface area contributed by atoms with E-state index in [0.29, 0.717) is 24.2 Å². The van der Waals surface area contributed by atoms with Gasteiger partial charge in [0.25, 0.3) is 5.91 Å². The van der Waals surface area contributed by atoms with Crippen LogP contribution < -0.4 is 11.1 Å². The number of nitrogens with zero attached hydrogens (tertiary/aromatic N) is 1. The van der Waals surface area contributed by atoms with Crippen LogP contribution in [0.4, 0.5) is 5.69 Å².